The molecule has 0 saturated heterocycles. The topological polar surface area (TPSA) is 46.0 Å². The summed E-state index contributed by atoms with van der Waals surface area (Å²) in [6.45, 7) is 1.85. The Morgan fingerprint density at radius 2 is 2.00 bits per heavy atom. The molecule has 0 unspecified atom stereocenters. The van der Waals surface area contributed by atoms with Crippen LogP contribution >= 0.6 is 0 Å². The minimum Gasteiger partial charge on any atom is -0.508 e. The fraction of sp³-hybridized carbons (Fsp3) is 0.0769. The fourth-order valence-corrected chi connectivity index (χ4v) is 1.44. The molecule has 0 spiro atoms. The molecule has 0 aliphatic carbocycles. The number of aromatic nitrogens is 2. The molecule has 0 amide bonds. The Kier molecular flexibility index (Phi) is 3.14. The van der Waals surface area contributed by atoms with Gasteiger partial charge < -0.3 is 5.11 Å². The van der Waals surface area contributed by atoms with E-state index in [0.717, 1.165) is 11.8 Å². The third-order valence-electron chi connectivity index (χ3n) is 2.13. The largest absolute Gasteiger partial charge is 0.508 e. The van der Waals surface area contributed by atoms with Crippen LogP contribution in [0.1, 0.15) is 17.0 Å². The van der Waals surface area contributed by atoms with Gasteiger partial charge in [-0.25, -0.2) is 4.39 Å². The van der Waals surface area contributed by atoms with E-state index >= 15 is 0 Å². The highest BCUT2D eigenvalue weighted by Gasteiger charge is 1.97. The van der Waals surface area contributed by atoms with Crippen molar-refractivity contribution in [3.63, 3.8) is 0 Å². The van der Waals surface area contributed by atoms with Gasteiger partial charge in [-0.05, 0) is 30.7 Å². The summed E-state index contributed by atoms with van der Waals surface area (Å²) in [7, 11) is 0. The highest BCUT2D eigenvalue weighted by atomic mass is 19.1. The molecular formula is C13H11FN2O. The molecule has 0 bridgehead atoms. The van der Waals surface area contributed by atoms with Gasteiger partial charge in [-0.1, -0.05) is 6.08 Å². The summed E-state index contributed by atoms with van der Waals surface area (Å²) in [6.07, 6.45) is 6.66. The van der Waals surface area contributed by atoms with Crippen LogP contribution in [0.4, 0.5) is 4.39 Å². The average Bonchev–Trinajstić information content (AvgIpc) is 2.25. The van der Waals surface area contributed by atoms with E-state index in [4.69, 9.17) is 0 Å². The van der Waals surface area contributed by atoms with E-state index in [1.165, 1.54) is 12.1 Å². The zero-order valence-electron chi connectivity index (χ0n) is 9.26. The summed E-state index contributed by atoms with van der Waals surface area (Å²) in [5.74, 6) is -0.569. The third kappa shape index (κ3) is 3.11. The zero-order chi connectivity index (χ0) is 12.3. The Morgan fingerprint density at radius 3 is 2.71 bits per heavy atom. The zero-order valence-corrected chi connectivity index (χ0v) is 9.26. The van der Waals surface area contributed by atoms with Gasteiger partial charge in [0.1, 0.15) is 11.6 Å². The van der Waals surface area contributed by atoms with Gasteiger partial charge in [-0.3, -0.25) is 9.97 Å². The van der Waals surface area contributed by atoms with Crippen molar-refractivity contribution >= 4 is 12.2 Å². The monoisotopic (exact) mass is 230 g/mol. The Hall–Kier alpha value is -2.23. The molecule has 0 radical (unpaired) electrons. The Labute approximate surface area is 98.3 Å². The van der Waals surface area contributed by atoms with Crippen molar-refractivity contribution in [2.24, 2.45) is 0 Å². The summed E-state index contributed by atoms with van der Waals surface area (Å²) in [5.41, 5.74) is 2.08. The van der Waals surface area contributed by atoms with Crippen molar-refractivity contribution in [2.45, 2.75) is 6.92 Å². The second-order valence-corrected chi connectivity index (χ2v) is 3.66. The van der Waals surface area contributed by atoms with E-state index in [1.54, 1.807) is 24.5 Å². The highest BCUT2D eigenvalue weighted by Crippen LogP contribution is 2.16. The minimum absolute atomic E-state index is 0.0972. The molecule has 1 N–H and O–H groups in total. The predicted molar refractivity (Wildman–Crippen MR) is 63.8 cm³/mol. The number of benzene rings is 1. The van der Waals surface area contributed by atoms with Crippen molar-refractivity contribution in [1.29, 1.82) is 0 Å². The van der Waals surface area contributed by atoms with Crippen LogP contribution in [0.25, 0.3) is 12.2 Å². The molecule has 2 aromatic rings. The Bertz CT molecular complexity index is 547. The van der Waals surface area contributed by atoms with Crippen LogP contribution in [-0.2, 0) is 0 Å². The number of aromatic hydroxyl groups is 1. The Morgan fingerprint density at radius 1 is 1.18 bits per heavy atom. The molecule has 0 fully saturated rings. The van der Waals surface area contributed by atoms with E-state index < -0.39 is 5.82 Å². The lowest BCUT2D eigenvalue weighted by Crippen LogP contribution is -1.86. The third-order valence-corrected chi connectivity index (χ3v) is 2.13. The van der Waals surface area contributed by atoms with Crippen LogP contribution in [0.3, 0.4) is 0 Å². The van der Waals surface area contributed by atoms with Crippen molar-refractivity contribution in [1.82, 2.24) is 9.97 Å². The van der Waals surface area contributed by atoms with Gasteiger partial charge in [0.25, 0.3) is 0 Å². The van der Waals surface area contributed by atoms with Gasteiger partial charge in [0, 0.05) is 12.3 Å². The van der Waals surface area contributed by atoms with Gasteiger partial charge >= 0.3 is 0 Å². The van der Waals surface area contributed by atoms with E-state index in [-0.39, 0.29) is 5.75 Å². The number of aryl methyl sites for hydroxylation is 1. The number of phenols is 1. The summed E-state index contributed by atoms with van der Waals surface area (Å²) in [5, 5.41) is 9.23. The lowest BCUT2D eigenvalue weighted by Gasteiger charge is -1.97. The van der Waals surface area contributed by atoms with Gasteiger partial charge in [-0.15, -0.1) is 0 Å². The van der Waals surface area contributed by atoms with Gasteiger partial charge in [-0.2, -0.15) is 0 Å². The first kappa shape index (κ1) is 11.3. The normalized spacial score (nSPS) is 10.9. The smallest absolute Gasteiger partial charge is 0.127 e. The first-order valence-electron chi connectivity index (χ1n) is 5.10. The molecule has 0 atom stereocenters. The molecule has 0 saturated carbocycles. The lowest BCUT2D eigenvalue weighted by atomic mass is 10.2. The molecule has 3 nitrogen and oxygen atoms in total. The number of hydrogen-bond acceptors (Lipinski definition) is 3. The standard InChI is InChI=1S/C13H11FN2O/c1-9-7-15-8-12(16-9)3-2-10-4-11(14)6-13(17)5-10/h2-8,17H,1H3. The Balaban J connectivity index is 2.25. The lowest BCUT2D eigenvalue weighted by molar-refractivity contribution is 0.469. The quantitative estimate of drug-likeness (QED) is 0.862. The van der Waals surface area contributed by atoms with Crippen LogP contribution in [0.5, 0.6) is 5.75 Å². The summed E-state index contributed by atoms with van der Waals surface area (Å²) < 4.78 is 13.0. The molecule has 1 heterocycles. The molecule has 0 aliphatic heterocycles. The van der Waals surface area contributed by atoms with Crippen LogP contribution in [0.15, 0.2) is 30.6 Å². The second-order valence-electron chi connectivity index (χ2n) is 3.66. The summed E-state index contributed by atoms with van der Waals surface area (Å²) in [4.78, 5) is 8.22. The maximum Gasteiger partial charge on any atom is 0.127 e. The second kappa shape index (κ2) is 4.74. The summed E-state index contributed by atoms with van der Waals surface area (Å²) in [6, 6.07) is 3.87. The molecule has 1 aromatic carbocycles. The van der Waals surface area contributed by atoms with Gasteiger partial charge in [0.2, 0.25) is 0 Å². The molecule has 17 heavy (non-hydrogen) atoms. The van der Waals surface area contributed by atoms with E-state index in [1.807, 2.05) is 6.92 Å². The minimum atomic E-state index is -0.472. The van der Waals surface area contributed by atoms with Crippen LogP contribution in [0.2, 0.25) is 0 Å². The molecule has 0 aliphatic rings. The summed E-state index contributed by atoms with van der Waals surface area (Å²) >= 11 is 0. The number of phenolic OH excluding ortho intramolecular Hbond substituents is 1. The van der Waals surface area contributed by atoms with Crippen molar-refractivity contribution in [3.8, 4) is 5.75 Å². The van der Waals surface area contributed by atoms with E-state index in [9.17, 15) is 9.50 Å². The van der Waals surface area contributed by atoms with E-state index in [0.29, 0.717) is 11.3 Å². The fourth-order valence-electron chi connectivity index (χ4n) is 1.44. The van der Waals surface area contributed by atoms with Crippen LogP contribution in [0, 0.1) is 12.7 Å². The van der Waals surface area contributed by atoms with Gasteiger partial charge in [0.05, 0.1) is 17.6 Å². The molecule has 1 aromatic heterocycles. The predicted octanol–water partition coefficient (Wildman–Crippen LogP) is 2.80. The van der Waals surface area contributed by atoms with Gasteiger partial charge in [0.15, 0.2) is 0 Å². The molecular weight excluding hydrogens is 219 g/mol. The molecule has 4 heteroatoms. The van der Waals surface area contributed by atoms with E-state index in [2.05, 4.69) is 9.97 Å². The first-order chi connectivity index (χ1) is 8.13. The number of hydrogen-bond donors (Lipinski definition) is 1. The van der Waals surface area contributed by atoms with Crippen LogP contribution < -0.4 is 0 Å². The van der Waals surface area contributed by atoms with Crippen molar-refractivity contribution < 1.29 is 9.50 Å². The van der Waals surface area contributed by atoms with Crippen molar-refractivity contribution in [2.75, 3.05) is 0 Å². The SMILES string of the molecule is Cc1cncc(C=Cc2cc(O)cc(F)c2)n1. The molecule has 2 rings (SSSR count). The maximum atomic E-state index is 13.0. The highest BCUT2D eigenvalue weighted by molar-refractivity contribution is 5.68. The first-order valence-corrected chi connectivity index (χ1v) is 5.10. The van der Waals surface area contributed by atoms with Crippen molar-refractivity contribution in [3.05, 3.63) is 53.4 Å². The molecule has 86 valence electrons. The van der Waals surface area contributed by atoms with Crippen LogP contribution in [-0.4, -0.2) is 15.1 Å². The number of nitrogens with zero attached hydrogens (tertiary/aromatic N) is 2. The number of halogens is 1. The average molecular weight is 230 g/mol. The maximum absolute atomic E-state index is 13.0. The number of rotatable bonds is 2.